The van der Waals surface area contributed by atoms with Gasteiger partial charge in [-0.05, 0) is 19.3 Å². The van der Waals surface area contributed by atoms with Crippen LogP contribution in [-0.2, 0) is 0 Å². The van der Waals surface area contributed by atoms with E-state index in [9.17, 15) is 0 Å². The number of thiazole rings is 1. The van der Waals surface area contributed by atoms with Gasteiger partial charge < -0.3 is 11.1 Å². The summed E-state index contributed by atoms with van der Waals surface area (Å²) in [5, 5.41) is 4.58. The van der Waals surface area contributed by atoms with E-state index < -0.39 is 0 Å². The first-order valence-electron chi connectivity index (χ1n) is 5.72. The Balaban J connectivity index is 2.44. The highest BCUT2D eigenvalue weighted by atomic mass is 32.1. The zero-order valence-corrected chi connectivity index (χ0v) is 11.7. The minimum Gasteiger partial charge on any atom is -0.326 e. The van der Waals surface area contributed by atoms with Crippen LogP contribution in [0.2, 0.25) is 0 Å². The molecule has 0 amide bonds. The van der Waals surface area contributed by atoms with Gasteiger partial charge in [0.2, 0.25) is 0 Å². The molecule has 0 saturated carbocycles. The van der Waals surface area contributed by atoms with Gasteiger partial charge in [0.05, 0.1) is 6.04 Å². The molecule has 0 spiro atoms. The van der Waals surface area contributed by atoms with Crippen molar-refractivity contribution in [3.05, 3.63) is 16.1 Å². The molecule has 4 heteroatoms. The molecule has 0 radical (unpaired) electrons. The number of hydrogen-bond acceptors (Lipinski definition) is 4. The standard InChI is InChI=1S/C12H23N3S/c1-8-6-15-11(16-8)9(2)14-7-10(13)12(3,4)5/h6,9-10,14H,7,13H2,1-5H3. The largest absolute Gasteiger partial charge is 0.326 e. The number of hydrogen-bond donors (Lipinski definition) is 2. The first-order chi connectivity index (χ1) is 7.30. The second kappa shape index (κ2) is 5.25. The van der Waals surface area contributed by atoms with Gasteiger partial charge in [0.1, 0.15) is 5.01 Å². The van der Waals surface area contributed by atoms with E-state index in [4.69, 9.17) is 5.73 Å². The highest BCUT2D eigenvalue weighted by Gasteiger charge is 2.21. The maximum absolute atomic E-state index is 6.10. The third kappa shape index (κ3) is 3.85. The molecule has 0 aliphatic rings. The number of rotatable bonds is 4. The monoisotopic (exact) mass is 241 g/mol. The summed E-state index contributed by atoms with van der Waals surface area (Å²) in [6.45, 7) is 11.5. The molecule has 1 heterocycles. The molecule has 0 aromatic carbocycles. The van der Waals surface area contributed by atoms with E-state index in [-0.39, 0.29) is 17.5 Å². The van der Waals surface area contributed by atoms with Crippen LogP contribution in [0, 0.1) is 12.3 Å². The fourth-order valence-electron chi connectivity index (χ4n) is 1.27. The van der Waals surface area contributed by atoms with Crippen molar-refractivity contribution in [2.24, 2.45) is 11.1 Å². The Morgan fingerprint density at radius 2 is 2.12 bits per heavy atom. The van der Waals surface area contributed by atoms with Crippen molar-refractivity contribution in [1.29, 1.82) is 0 Å². The van der Waals surface area contributed by atoms with E-state index in [0.29, 0.717) is 0 Å². The van der Waals surface area contributed by atoms with Crippen LogP contribution in [0.25, 0.3) is 0 Å². The van der Waals surface area contributed by atoms with Crippen LogP contribution in [-0.4, -0.2) is 17.6 Å². The number of nitrogens with two attached hydrogens (primary N) is 1. The summed E-state index contributed by atoms with van der Waals surface area (Å²) >= 11 is 1.74. The zero-order chi connectivity index (χ0) is 12.3. The quantitative estimate of drug-likeness (QED) is 0.851. The van der Waals surface area contributed by atoms with Gasteiger partial charge in [-0.1, -0.05) is 20.8 Å². The average Bonchev–Trinajstić information content (AvgIpc) is 2.59. The zero-order valence-electron chi connectivity index (χ0n) is 10.9. The van der Waals surface area contributed by atoms with E-state index in [1.165, 1.54) is 4.88 Å². The van der Waals surface area contributed by atoms with Gasteiger partial charge in [0.15, 0.2) is 0 Å². The highest BCUT2D eigenvalue weighted by Crippen LogP contribution is 2.20. The van der Waals surface area contributed by atoms with Crippen molar-refractivity contribution in [2.45, 2.75) is 46.7 Å². The first-order valence-corrected chi connectivity index (χ1v) is 6.53. The van der Waals surface area contributed by atoms with Crippen molar-refractivity contribution in [3.63, 3.8) is 0 Å². The Morgan fingerprint density at radius 1 is 1.50 bits per heavy atom. The molecule has 3 nitrogen and oxygen atoms in total. The van der Waals surface area contributed by atoms with Crippen molar-refractivity contribution < 1.29 is 0 Å². The molecule has 3 N–H and O–H groups in total. The molecule has 2 unspecified atom stereocenters. The normalized spacial score (nSPS) is 16.1. The van der Waals surface area contributed by atoms with Crippen LogP contribution in [0.1, 0.15) is 43.6 Å². The van der Waals surface area contributed by atoms with Gasteiger partial charge in [-0.25, -0.2) is 4.98 Å². The summed E-state index contributed by atoms with van der Waals surface area (Å²) in [5.74, 6) is 0. The number of aromatic nitrogens is 1. The number of nitrogens with one attached hydrogen (secondary N) is 1. The lowest BCUT2D eigenvalue weighted by Crippen LogP contribution is -2.44. The average molecular weight is 241 g/mol. The predicted octanol–water partition coefficient (Wildman–Crippen LogP) is 2.48. The Morgan fingerprint density at radius 3 is 2.56 bits per heavy atom. The van der Waals surface area contributed by atoms with E-state index in [2.05, 4.69) is 44.9 Å². The molecule has 0 aliphatic carbocycles. The van der Waals surface area contributed by atoms with Crippen LogP contribution in [0.4, 0.5) is 0 Å². The fourth-order valence-corrected chi connectivity index (χ4v) is 2.07. The van der Waals surface area contributed by atoms with Crippen molar-refractivity contribution in [1.82, 2.24) is 10.3 Å². The fraction of sp³-hybridized carbons (Fsp3) is 0.750. The molecule has 1 rings (SSSR count). The lowest BCUT2D eigenvalue weighted by atomic mass is 9.87. The maximum Gasteiger partial charge on any atom is 0.109 e. The van der Waals surface area contributed by atoms with Crippen LogP contribution >= 0.6 is 11.3 Å². The molecule has 0 aliphatic heterocycles. The molecule has 0 fully saturated rings. The smallest absolute Gasteiger partial charge is 0.109 e. The molecule has 2 atom stereocenters. The Bertz CT molecular complexity index is 327. The number of nitrogens with zero attached hydrogens (tertiary/aromatic N) is 1. The van der Waals surface area contributed by atoms with Crippen LogP contribution in [0.15, 0.2) is 6.20 Å². The van der Waals surface area contributed by atoms with E-state index in [1.54, 1.807) is 11.3 Å². The van der Waals surface area contributed by atoms with E-state index >= 15 is 0 Å². The molecular weight excluding hydrogens is 218 g/mol. The third-order valence-corrected chi connectivity index (χ3v) is 3.86. The van der Waals surface area contributed by atoms with Gasteiger partial charge in [0, 0.05) is 23.7 Å². The summed E-state index contributed by atoms with van der Waals surface area (Å²) in [6.07, 6.45) is 1.92. The SMILES string of the molecule is Cc1cnc(C(C)NCC(N)C(C)(C)C)s1. The van der Waals surface area contributed by atoms with E-state index in [0.717, 1.165) is 11.6 Å². The van der Waals surface area contributed by atoms with E-state index in [1.807, 2.05) is 6.20 Å². The third-order valence-electron chi connectivity index (χ3n) is 2.77. The topological polar surface area (TPSA) is 50.9 Å². The van der Waals surface area contributed by atoms with Gasteiger partial charge in [-0.15, -0.1) is 11.3 Å². The molecular formula is C12H23N3S. The summed E-state index contributed by atoms with van der Waals surface area (Å²) in [7, 11) is 0. The molecule has 1 aromatic rings. The second-order valence-electron chi connectivity index (χ2n) is 5.41. The summed E-state index contributed by atoms with van der Waals surface area (Å²) in [6, 6.07) is 0.447. The Labute approximate surface area is 102 Å². The minimum absolute atomic E-state index is 0.144. The van der Waals surface area contributed by atoms with Gasteiger partial charge in [-0.2, -0.15) is 0 Å². The van der Waals surface area contributed by atoms with Gasteiger partial charge in [0.25, 0.3) is 0 Å². The van der Waals surface area contributed by atoms with Crippen molar-refractivity contribution >= 4 is 11.3 Å². The predicted molar refractivity (Wildman–Crippen MR) is 70.7 cm³/mol. The maximum atomic E-state index is 6.10. The lowest BCUT2D eigenvalue weighted by molar-refractivity contribution is 0.302. The molecule has 0 saturated heterocycles. The van der Waals surface area contributed by atoms with Crippen LogP contribution in [0.5, 0.6) is 0 Å². The Hall–Kier alpha value is -0.450. The molecule has 1 aromatic heterocycles. The highest BCUT2D eigenvalue weighted by molar-refractivity contribution is 7.11. The Kier molecular flexibility index (Phi) is 4.47. The molecule has 92 valence electrons. The van der Waals surface area contributed by atoms with Crippen LogP contribution < -0.4 is 11.1 Å². The molecule has 16 heavy (non-hydrogen) atoms. The van der Waals surface area contributed by atoms with Gasteiger partial charge >= 0.3 is 0 Å². The lowest BCUT2D eigenvalue weighted by Gasteiger charge is -2.28. The van der Waals surface area contributed by atoms with Gasteiger partial charge in [-0.3, -0.25) is 0 Å². The minimum atomic E-state index is 0.144. The summed E-state index contributed by atoms with van der Waals surface area (Å²) in [5.41, 5.74) is 6.25. The van der Waals surface area contributed by atoms with Crippen LogP contribution in [0.3, 0.4) is 0 Å². The summed E-state index contributed by atoms with van der Waals surface area (Å²) < 4.78 is 0. The van der Waals surface area contributed by atoms with Crippen molar-refractivity contribution in [2.75, 3.05) is 6.54 Å². The second-order valence-corrected chi connectivity index (χ2v) is 6.68. The summed E-state index contributed by atoms with van der Waals surface area (Å²) in [4.78, 5) is 5.62. The molecule has 0 bridgehead atoms. The van der Waals surface area contributed by atoms with Crippen molar-refractivity contribution in [3.8, 4) is 0 Å². The number of aryl methyl sites for hydroxylation is 1. The first kappa shape index (κ1) is 13.6.